The van der Waals surface area contributed by atoms with Crippen LogP contribution >= 0.6 is 0 Å². The van der Waals surface area contributed by atoms with Gasteiger partial charge >= 0.3 is 6.03 Å². The summed E-state index contributed by atoms with van der Waals surface area (Å²) >= 11 is 0. The van der Waals surface area contributed by atoms with Gasteiger partial charge in [0.05, 0.1) is 11.6 Å². The molecular formula is C31H32N4O2. The van der Waals surface area contributed by atoms with E-state index in [4.69, 9.17) is 9.51 Å². The molecule has 5 rings (SSSR count). The minimum absolute atomic E-state index is 0.129. The highest BCUT2D eigenvalue weighted by Crippen LogP contribution is 2.38. The molecule has 188 valence electrons. The van der Waals surface area contributed by atoms with Gasteiger partial charge in [0.25, 0.3) is 5.89 Å². The maximum atomic E-state index is 13.3. The van der Waals surface area contributed by atoms with Gasteiger partial charge in [-0.15, -0.1) is 0 Å². The third-order valence-electron chi connectivity index (χ3n) is 7.20. The Balaban J connectivity index is 1.54. The first-order valence-electron chi connectivity index (χ1n) is 12.8. The van der Waals surface area contributed by atoms with E-state index < -0.39 is 6.04 Å². The number of hydrogen-bond acceptors (Lipinski definition) is 4. The predicted octanol–water partition coefficient (Wildman–Crippen LogP) is 6.66. The van der Waals surface area contributed by atoms with Crippen LogP contribution in [0.3, 0.4) is 0 Å². The molecule has 4 aromatic rings. The summed E-state index contributed by atoms with van der Waals surface area (Å²) in [6.07, 6.45) is 1.71. The Hall–Kier alpha value is -4.19. The monoisotopic (exact) mass is 492 g/mol. The first-order valence-corrected chi connectivity index (χ1v) is 12.8. The molecule has 1 aliphatic heterocycles. The zero-order valence-electron chi connectivity index (χ0n) is 21.8. The van der Waals surface area contributed by atoms with Crippen LogP contribution < -0.4 is 5.32 Å². The van der Waals surface area contributed by atoms with Gasteiger partial charge in [-0.25, -0.2) is 4.79 Å². The highest BCUT2D eigenvalue weighted by atomic mass is 16.5. The second-order valence-corrected chi connectivity index (χ2v) is 9.59. The van der Waals surface area contributed by atoms with E-state index in [1.807, 2.05) is 37.3 Å². The molecule has 1 unspecified atom stereocenters. The maximum Gasteiger partial charge on any atom is 0.322 e. The zero-order valence-corrected chi connectivity index (χ0v) is 21.8. The largest absolute Gasteiger partial charge is 0.334 e. The van der Waals surface area contributed by atoms with Gasteiger partial charge < -0.3 is 9.84 Å². The maximum absolute atomic E-state index is 13.3. The van der Waals surface area contributed by atoms with Crippen LogP contribution in [0.25, 0.3) is 17.0 Å². The van der Waals surface area contributed by atoms with Crippen LogP contribution in [-0.4, -0.2) is 27.6 Å². The van der Waals surface area contributed by atoms with Crippen LogP contribution in [0.2, 0.25) is 0 Å². The number of aryl methyl sites for hydroxylation is 3. The lowest BCUT2D eigenvalue weighted by Gasteiger charge is -2.35. The molecule has 2 amide bonds. The van der Waals surface area contributed by atoms with Gasteiger partial charge in [-0.2, -0.15) is 4.98 Å². The molecule has 37 heavy (non-hydrogen) atoms. The summed E-state index contributed by atoms with van der Waals surface area (Å²) in [4.78, 5) is 19.9. The van der Waals surface area contributed by atoms with Gasteiger partial charge in [-0.3, -0.25) is 4.90 Å². The number of amides is 2. The molecule has 0 saturated carbocycles. The fourth-order valence-corrected chi connectivity index (χ4v) is 4.75. The topological polar surface area (TPSA) is 71.3 Å². The Morgan fingerprint density at radius 1 is 0.919 bits per heavy atom. The van der Waals surface area contributed by atoms with Crippen LogP contribution in [-0.2, 0) is 12.8 Å². The predicted molar refractivity (Wildman–Crippen MR) is 146 cm³/mol. The minimum atomic E-state index is -0.393. The molecule has 2 heterocycles. The number of nitrogens with zero attached hydrogens (tertiary/aromatic N) is 3. The molecule has 1 aliphatic rings. The number of aromatic nitrogens is 2. The fourth-order valence-electron chi connectivity index (χ4n) is 4.75. The number of allylic oxidation sites excluding steroid dienone is 1. The number of carbonyl (C=O) groups excluding carboxylic acids is 1. The van der Waals surface area contributed by atoms with Crippen molar-refractivity contribution in [2.24, 2.45) is 0 Å². The highest BCUT2D eigenvalue weighted by molar-refractivity contribution is 5.87. The van der Waals surface area contributed by atoms with E-state index in [2.05, 4.69) is 73.7 Å². The van der Waals surface area contributed by atoms with Crippen molar-refractivity contribution < 1.29 is 9.32 Å². The molecule has 6 heteroatoms. The molecule has 0 fully saturated rings. The van der Waals surface area contributed by atoms with E-state index in [1.54, 1.807) is 4.90 Å². The molecule has 1 atom stereocenters. The lowest BCUT2D eigenvalue weighted by Crippen LogP contribution is -2.46. The van der Waals surface area contributed by atoms with Gasteiger partial charge in [0.2, 0.25) is 5.82 Å². The first-order chi connectivity index (χ1) is 17.9. The second-order valence-electron chi connectivity index (χ2n) is 9.59. The number of nitrogens with one attached hydrogen (secondary N) is 1. The lowest BCUT2D eigenvalue weighted by atomic mass is 9.92. The molecule has 1 aromatic heterocycles. The summed E-state index contributed by atoms with van der Waals surface area (Å²) in [5.74, 6) is 0.949. The minimum Gasteiger partial charge on any atom is -0.334 e. The molecule has 0 bridgehead atoms. The molecule has 1 N–H and O–H groups in total. The number of urea groups is 1. The van der Waals surface area contributed by atoms with Crippen molar-refractivity contribution in [2.45, 2.75) is 46.6 Å². The van der Waals surface area contributed by atoms with E-state index in [-0.39, 0.29) is 6.03 Å². The summed E-state index contributed by atoms with van der Waals surface area (Å²) in [7, 11) is 0. The number of carbonyl (C=O) groups is 1. The van der Waals surface area contributed by atoms with Crippen molar-refractivity contribution in [1.29, 1.82) is 0 Å². The summed E-state index contributed by atoms with van der Waals surface area (Å²) in [6.45, 7) is 8.80. The summed E-state index contributed by atoms with van der Waals surface area (Å²) in [5, 5.41) is 7.51. The Labute approximate surface area is 218 Å². The molecule has 0 spiro atoms. The molecule has 0 saturated heterocycles. The average Bonchev–Trinajstić information content (AvgIpc) is 3.40. The summed E-state index contributed by atoms with van der Waals surface area (Å²) < 4.78 is 5.84. The van der Waals surface area contributed by atoms with Crippen molar-refractivity contribution in [3.63, 3.8) is 0 Å². The summed E-state index contributed by atoms with van der Waals surface area (Å²) in [5.41, 5.74) is 8.32. The van der Waals surface area contributed by atoms with Crippen molar-refractivity contribution >= 4 is 11.6 Å². The van der Waals surface area contributed by atoms with Gasteiger partial charge in [0.1, 0.15) is 0 Å². The highest BCUT2D eigenvalue weighted by Gasteiger charge is 2.35. The van der Waals surface area contributed by atoms with Gasteiger partial charge in [-0.1, -0.05) is 84.9 Å². The van der Waals surface area contributed by atoms with Crippen LogP contribution in [0.1, 0.15) is 53.6 Å². The van der Waals surface area contributed by atoms with Crippen LogP contribution in [0.15, 0.2) is 83.0 Å². The first kappa shape index (κ1) is 24.5. The molecular weight excluding hydrogens is 460 g/mol. The third-order valence-corrected chi connectivity index (χ3v) is 7.20. The SMILES string of the molecule is CCc1ccc(-c2noc(C3=C(C)N(CCc4ccccc4)C(=O)NC3c3ccc(C)c(C)c3)n2)cc1. The smallest absolute Gasteiger partial charge is 0.322 e. The fraction of sp³-hybridized carbons (Fsp3) is 0.258. The van der Waals surface area contributed by atoms with Gasteiger partial charge in [-0.05, 0) is 61.4 Å². The van der Waals surface area contributed by atoms with Gasteiger partial charge in [0.15, 0.2) is 0 Å². The number of rotatable bonds is 7. The summed E-state index contributed by atoms with van der Waals surface area (Å²) in [6, 6.07) is 24.1. The molecule has 6 nitrogen and oxygen atoms in total. The zero-order chi connectivity index (χ0) is 25.9. The average molecular weight is 493 g/mol. The Morgan fingerprint density at radius 2 is 1.68 bits per heavy atom. The quantitative estimate of drug-likeness (QED) is 0.313. The molecule has 0 radical (unpaired) electrons. The van der Waals surface area contributed by atoms with Crippen LogP contribution in [0.5, 0.6) is 0 Å². The lowest BCUT2D eigenvalue weighted by molar-refractivity contribution is 0.205. The standard InChI is InChI=1S/C31H32N4O2/c1-5-23-12-15-25(16-13-23)29-33-30(37-34-29)27-22(4)35(18-17-24-9-7-6-8-10-24)31(36)32-28(27)26-14-11-20(2)21(3)19-26/h6-16,19,28H,5,17-18H2,1-4H3,(H,32,36). The van der Waals surface area contributed by atoms with E-state index >= 15 is 0 Å². The van der Waals surface area contributed by atoms with Crippen molar-refractivity contribution in [3.05, 3.63) is 112 Å². The Morgan fingerprint density at radius 3 is 2.38 bits per heavy atom. The number of benzene rings is 3. The van der Waals surface area contributed by atoms with Crippen LogP contribution in [0, 0.1) is 13.8 Å². The van der Waals surface area contributed by atoms with Crippen molar-refractivity contribution in [1.82, 2.24) is 20.4 Å². The normalized spacial score (nSPS) is 15.7. The Kier molecular flexibility index (Phi) is 6.91. The second kappa shape index (κ2) is 10.4. The molecule has 0 aliphatic carbocycles. The molecule has 3 aromatic carbocycles. The van der Waals surface area contributed by atoms with Crippen molar-refractivity contribution in [2.75, 3.05) is 6.54 Å². The van der Waals surface area contributed by atoms with E-state index in [0.717, 1.165) is 40.8 Å². The van der Waals surface area contributed by atoms with Crippen LogP contribution in [0.4, 0.5) is 4.79 Å². The van der Waals surface area contributed by atoms with E-state index in [0.29, 0.717) is 18.3 Å². The third kappa shape index (κ3) is 5.05. The van der Waals surface area contributed by atoms with E-state index in [9.17, 15) is 4.79 Å². The number of hydrogen-bond donors (Lipinski definition) is 1. The van der Waals surface area contributed by atoms with Gasteiger partial charge in [0, 0.05) is 17.8 Å². The van der Waals surface area contributed by atoms with Crippen molar-refractivity contribution in [3.8, 4) is 11.4 Å². The Bertz CT molecular complexity index is 1440. The van der Waals surface area contributed by atoms with E-state index in [1.165, 1.54) is 16.7 Å².